The fraction of sp³-hybridized carbons (Fsp3) is 0.857. The van der Waals surface area contributed by atoms with Crippen molar-refractivity contribution in [3.63, 3.8) is 0 Å². The molecule has 0 aromatic rings. The van der Waals surface area contributed by atoms with E-state index >= 15 is 0 Å². The van der Waals surface area contributed by atoms with Crippen molar-refractivity contribution in [2.75, 3.05) is 6.79 Å². The van der Waals surface area contributed by atoms with Crippen LogP contribution in [0.4, 0.5) is 0 Å². The van der Waals surface area contributed by atoms with Gasteiger partial charge in [-0.1, -0.05) is 15.9 Å². The number of carbonyl (C=O) groups excluding carboxylic acids is 2. The molecule has 4 fully saturated rings. The van der Waals surface area contributed by atoms with Gasteiger partial charge in [-0.15, -0.1) is 0 Å². The molecule has 2 aliphatic heterocycles. The van der Waals surface area contributed by atoms with E-state index in [0.29, 0.717) is 12.3 Å². The first-order valence-electron chi connectivity index (χ1n) is 7.12. The zero-order chi connectivity index (χ0) is 14.3. The van der Waals surface area contributed by atoms with E-state index in [1.54, 1.807) is 6.92 Å². The third kappa shape index (κ3) is 2.72. The van der Waals surface area contributed by atoms with Crippen molar-refractivity contribution >= 4 is 27.9 Å². The lowest BCUT2D eigenvalue weighted by atomic mass is 9.65. The van der Waals surface area contributed by atoms with Crippen LogP contribution in [0.2, 0.25) is 0 Å². The first-order valence-corrected chi connectivity index (χ1v) is 8.04. The summed E-state index contributed by atoms with van der Waals surface area (Å²) in [6.45, 7) is 1.67. The van der Waals surface area contributed by atoms with Crippen LogP contribution in [0, 0.1) is 11.8 Å². The van der Waals surface area contributed by atoms with Crippen molar-refractivity contribution < 1.29 is 23.8 Å². The van der Waals surface area contributed by atoms with E-state index in [0.717, 1.165) is 25.7 Å². The Morgan fingerprint density at radius 1 is 1.45 bits per heavy atom. The van der Waals surface area contributed by atoms with E-state index in [9.17, 15) is 9.59 Å². The average molecular weight is 347 g/mol. The fourth-order valence-corrected chi connectivity index (χ4v) is 4.01. The molecular weight excluding hydrogens is 328 g/mol. The third-order valence-corrected chi connectivity index (χ3v) is 4.97. The quantitative estimate of drug-likeness (QED) is 0.443. The summed E-state index contributed by atoms with van der Waals surface area (Å²) in [5.41, 5.74) is -0.349. The van der Waals surface area contributed by atoms with Crippen LogP contribution in [0.3, 0.4) is 0 Å². The summed E-state index contributed by atoms with van der Waals surface area (Å²) in [7, 11) is 0. The van der Waals surface area contributed by atoms with Gasteiger partial charge in [-0.2, -0.15) is 0 Å². The van der Waals surface area contributed by atoms with E-state index in [1.165, 1.54) is 0 Å². The zero-order valence-electron chi connectivity index (χ0n) is 11.5. The van der Waals surface area contributed by atoms with Gasteiger partial charge in [-0.05, 0) is 38.5 Å². The molecule has 4 rings (SSSR count). The minimum atomic E-state index is -0.349. The maximum atomic E-state index is 11.9. The van der Waals surface area contributed by atoms with Crippen LogP contribution in [-0.4, -0.2) is 35.3 Å². The molecule has 4 aliphatic rings. The molecule has 5 nitrogen and oxygen atoms in total. The summed E-state index contributed by atoms with van der Waals surface area (Å²) >= 11 is 3.16. The Bertz CT molecular complexity index is 424. The predicted molar refractivity (Wildman–Crippen MR) is 73.1 cm³/mol. The molecule has 112 valence electrons. The Morgan fingerprint density at radius 2 is 2.25 bits per heavy atom. The van der Waals surface area contributed by atoms with Crippen LogP contribution in [0.5, 0.6) is 0 Å². The number of halogens is 1. The molecule has 0 N–H and O–H groups in total. The normalized spacial score (nSPS) is 40.1. The molecule has 0 aromatic heterocycles. The highest BCUT2D eigenvalue weighted by molar-refractivity contribution is 9.10. The highest BCUT2D eigenvalue weighted by Gasteiger charge is 2.53. The maximum absolute atomic E-state index is 11.9. The highest BCUT2D eigenvalue weighted by atomic mass is 79.9. The van der Waals surface area contributed by atoms with Crippen molar-refractivity contribution in [2.45, 2.75) is 55.6 Å². The second-order valence-corrected chi connectivity index (χ2v) is 7.60. The van der Waals surface area contributed by atoms with E-state index in [-0.39, 0.29) is 41.2 Å². The largest absolute Gasteiger partial charge is 0.462 e. The Balaban J connectivity index is 1.64. The summed E-state index contributed by atoms with van der Waals surface area (Å²) < 4.78 is 16.5. The van der Waals surface area contributed by atoms with Gasteiger partial charge in [0.1, 0.15) is 10.9 Å². The summed E-state index contributed by atoms with van der Waals surface area (Å²) in [6, 6.07) is 0. The number of fused-ring (bicyclic) bond motifs is 1. The maximum Gasteiger partial charge on any atom is 0.321 e. The van der Waals surface area contributed by atoms with Crippen LogP contribution < -0.4 is 0 Å². The standard InChI is InChI=1S/C14H19BrO5/c1-8(15)12(16)18-7-19-14-4-9-2-10(5-14)13(17)20-11(3-9)6-14/h8-11H,2-7H2,1H3. The van der Waals surface area contributed by atoms with Gasteiger partial charge < -0.3 is 14.2 Å². The molecule has 5 unspecified atom stereocenters. The van der Waals surface area contributed by atoms with Crippen molar-refractivity contribution in [3.05, 3.63) is 0 Å². The number of rotatable bonds is 4. The Morgan fingerprint density at radius 3 is 3.00 bits per heavy atom. The van der Waals surface area contributed by atoms with Crippen LogP contribution in [-0.2, 0) is 23.8 Å². The second-order valence-electron chi connectivity index (χ2n) is 6.23. The molecule has 0 amide bonds. The van der Waals surface area contributed by atoms with Crippen LogP contribution in [0.1, 0.15) is 39.0 Å². The Labute approximate surface area is 126 Å². The lowest BCUT2D eigenvalue weighted by Gasteiger charge is -2.45. The lowest BCUT2D eigenvalue weighted by Crippen LogP contribution is -2.47. The summed E-state index contributed by atoms with van der Waals surface area (Å²) in [4.78, 5) is 23.0. The summed E-state index contributed by atoms with van der Waals surface area (Å²) in [5.74, 6) is 0.0328. The van der Waals surface area contributed by atoms with Gasteiger partial charge >= 0.3 is 11.9 Å². The molecule has 2 saturated carbocycles. The number of esters is 2. The first-order chi connectivity index (χ1) is 9.47. The Hall–Kier alpha value is -0.620. The van der Waals surface area contributed by atoms with E-state index in [2.05, 4.69) is 15.9 Å². The smallest absolute Gasteiger partial charge is 0.321 e. The zero-order valence-corrected chi connectivity index (χ0v) is 13.1. The van der Waals surface area contributed by atoms with Gasteiger partial charge in [-0.3, -0.25) is 9.59 Å². The summed E-state index contributed by atoms with van der Waals surface area (Å²) in [6.07, 6.45) is 4.20. The van der Waals surface area contributed by atoms with Gasteiger partial charge in [-0.25, -0.2) is 0 Å². The molecule has 0 aromatic carbocycles. The lowest BCUT2D eigenvalue weighted by molar-refractivity contribution is -0.192. The Kier molecular flexibility index (Phi) is 3.79. The van der Waals surface area contributed by atoms with Gasteiger partial charge in [0.05, 0.1) is 11.5 Å². The van der Waals surface area contributed by atoms with Gasteiger partial charge in [0.15, 0.2) is 6.79 Å². The van der Waals surface area contributed by atoms with Crippen molar-refractivity contribution in [3.8, 4) is 0 Å². The van der Waals surface area contributed by atoms with Crippen molar-refractivity contribution in [2.24, 2.45) is 11.8 Å². The minimum Gasteiger partial charge on any atom is -0.462 e. The molecule has 6 heteroatoms. The highest BCUT2D eigenvalue weighted by Crippen LogP contribution is 2.51. The number of carbonyl (C=O) groups is 2. The van der Waals surface area contributed by atoms with Crippen LogP contribution in [0.25, 0.3) is 0 Å². The SMILES string of the molecule is CC(Br)C(=O)OCOC12CC3CC(C1)OC(=O)C(C3)C2. The number of ether oxygens (including phenoxy) is 3. The van der Waals surface area contributed by atoms with Gasteiger partial charge in [0.2, 0.25) is 0 Å². The summed E-state index contributed by atoms with van der Waals surface area (Å²) in [5, 5.41) is 0. The van der Waals surface area contributed by atoms with Crippen molar-refractivity contribution in [1.82, 2.24) is 0 Å². The third-order valence-electron chi connectivity index (χ3n) is 4.60. The first kappa shape index (κ1) is 14.3. The van der Waals surface area contributed by atoms with E-state index in [4.69, 9.17) is 14.2 Å². The second kappa shape index (κ2) is 5.30. The number of hydrogen-bond donors (Lipinski definition) is 0. The fourth-order valence-electron chi connectivity index (χ4n) is 3.88. The molecule has 2 heterocycles. The molecule has 20 heavy (non-hydrogen) atoms. The minimum absolute atomic E-state index is 0.0282. The van der Waals surface area contributed by atoms with Crippen LogP contribution >= 0.6 is 15.9 Å². The van der Waals surface area contributed by atoms with Gasteiger partial charge in [0.25, 0.3) is 0 Å². The molecular formula is C14H19BrO5. The molecule has 0 radical (unpaired) electrons. The molecule has 2 saturated heterocycles. The van der Waals surface area contributed by atoms with Crippen molar-refractivity contribution in [1.29, 1.82) is 0 Å². The molecule has 5 atom stereocenters. The number of alkyl halides is 1. The van der Waals surface area contributed by atoms with E-state index < -0.39 is 0 Å². The van der Waals surface area contributed by atoms with E-state index in [1.807, 2.05) is 0 Å². The topological polar surface area (TPSA) is 61.8 Å². The molecule has 2 aliphatic carbocycles. The number of hydrogen-bond acceptors (Lipinski definition) is 5. The van der Waals surface area contributed by atoms with Gasteiger partial charge in [0, 0.05) is 6.42 Å². The predicted octanol–water partition coefficient (Wildman–Crippen LogP) is 2.16. The van der Waals surface area contributed by atoms with Crippen LogP contribution in [0.15, 0.2) is 0 Å². The average Bonchev–Trinajstić information content (AvgIpc) is 2.51. The molecule has 4 bridgehead atoms. The monoisotopic (exact) mass is 346 g/mol. The molecule has 0 spiro atoms.